The Kier molecular flexibility index (Phi) is 3.15. The molecule has 2 nitrogen and oxygen atoms in total. The first-order valence-electron chi connectivity index (χ1n) is 5.38. The molecule has 0 radical (unpaired) electrons. The number of hydrogen-bond donors (Lipinski definition) is 0. The van der Waals surface area contributed by atoms with E-state index in [9.17, 15) is 9.59 Å². The van der Waals surface area contributed by atoms with Crippen LogP contribution < -0.4 is 0 Å². The monoisotopic (exact) mass is 224 g/mol. The summed E-state index contributed by atoms with van der Waals surface area (Å²) in [4.78, 5) is 22.3. The van der Waals surface area contributed by atoms with E-state index in [1.54, 1.807) is 6.08 Å². The van der Waals surface area contributed by atoms with Gasteiger partial charge in [0.15, 0.2) is 12.6 Å². The second-order valence-electron chi connectivity index (χ2n) is 3.77. The fourth-order valence-electron chi connectivity index (χ4n) is 2.12. The van der Waals surface area contributed by atoms with Crippen molar-refractivity contribution >= 4 is 12.6 Å². The molecule has 2 heteroatoms. The first kappa shape index (κ1) is 11.3. The smallest absolute Gasteiger partial charge is 0.151 e. The minimum absolute atomic E-state index is 0.475. The van der Waals surface area contributed by atoms with Crippen molar-refractivity contribution in [3.8, 4) is 11.1 Å². The fraction of sp³-hybridized carbons (Fsp3) is 0.0667. The number of allylic oxidation sites excluding steroid dienone is 1. The molecule has 0 aromatic rings. The van der Waals surface area contributed by atoms with Crippen molar-refractivity contribution in [1.29, 1.82) is 0 Å². The molecule has 0 aromatic heterocycles. The van der Waals surface area contributed by atoms with Crippen molar-refractivity contribution < 1.29 is 9.59 Å². The molecular weight excluding hydrogens is 212 g/mol. The van der Waals surface area contributed by atoms with E-state index in [0.29, 0.717) is 17.5 Å². The summed E-state index contributed by atoms with van der Waals surface area (Å²) in [5, 5.41) is 0. The van der Waals surface area contributed by atoms with Gasteiger partial charge in [-0.1, -0.05) is 36.4 Å². The van der Waals surface area contributed by atoms with Crippen LogP contribution in [0.3, 0.4) is 0 Å². The molecule has 0 saturated heterocycles. The van der Waals surface area contributed by atoms with E-state index >= 15 is 0 Å². The highest BCUT2D eigenvalue weighted by molar-refractivity contribution is 6.03. The summed E-state index contributed by atoms with van der Waals surface area (Å²) in [5.41, 5.74) is 3.61. The van der Waals surface area contributed by atoms with Crippen molar-refractivity contribution in [3.05, 3.63) is 59.7 Å². The summed E-state index contributed by atoms with van der Waals surface area (Å²) >= 11 is 0. The van der Waals surface area contributed by atoms with Gasteiger partial charge in [-0.2, -0.15) is 0 Å². The minimum atomic E-state index is 0.475. The number of carbonyl (C=O) groups excluding carboxylic acids is 2. The maximum Gasteiger partial charge on any atom is 0.151 e. The minimum Gasteiger partial charge on any atom is -0.298 e. The number of carbonyl (C=O) groups is 2. The van der Waals surface area contributed by atoms with E-state index in [1.165, 1.54) is 0 Å². The topological polar surface area (TPSA) is 34.1 Å². The summed E-state index contributed by atoms with van der Waals surface area (Å²) in [6.45, 7) is 3.68. The van der Waals surface area contributed by atoms with Crippen LogP contribution >= 0.6 is 0 Å². The third-order valence-electron chi connectivity index (χ3n) is 2.85. The van der Waals surface area contributed by atoms with Gasteiger partial charge >= 0.3 is 0 Å². The molecule has 2 aliphatic carbocycles. The van der Waals surface area contributed by atoms with Gasteiger partial charge < -0.3 is 0 Å². The molecule has 84 valence electrons. The molecule has 0 aromatic carbocycles. The Hall–Kier alpha value is -2.22. The third kappa shape index (κ3) is 1.78. The Bertz CT molecular complexity index is 555. The zero-order valence-corrected chi connectivity index (χ0v) is 9.35. The average molecular weight is 224 g/mol. The molecule has 0 N–H and O–H groups in total. The van der Waals surface area contributed by atoms with Crippen LogP contribution in [0.5, 0.6) is 0 Å². The third-order valence-corrected chi connectivity index (χ3v) is 2.85. The summed E-state index contributed by atoms with van der Waals surface area (Å²) < 4.78 is 0. The highest BCUT2D eigenvalue weighted by Gasteiger charge is 2.20. The van der Waals surface area contributed by atoms with Gasteiger partial charge in [0.25, 0.3) is 0 Å². The SMILES string of the molecule is C=CCc1c2cccccc-2c(C=O)c1C=O. The van der Waals surface area contributed by atoms with Crippen molar-refractivity contribution in [2.45, 2.75) is 6.42 Å². The Balaban J connectivity index is 2.84. The Morgan fingerprint density at radius 3 is 2.18 bits per heavy atom. The molecule has 2 rings (SSSR count). The van der Waals surface area contributed by atoms with Crippen LogP contribution in [0.1, 0.15) is 26.3 Å². The van der Waals surface area contributed by atoms with E-state index in [2.05, 4.69) is 6.58 Å². The zero-order valence-electron chi connectivity index (χ0n) is 9.35. The first-order chi connectivity index (χ1) is 8.33. The average Bonchev–Trinajstić information content (AvgIpc) is 2.52. The maximum atomic E-state index is 11.1. The lowest BCUT2D eigenvalue weighted by molar-refractivity contribution is 0.109. The molecule has 2 aliphatic rings. The van der Waals surface area contributed by atoms with E-state index in [1.807, 2.05) is 30.3 Å². The highest BCUT2D eigenvalue weighted by Crippen LogP contribution is 2.34. The molecule has 0 spiro atoms. The number of rotatable bonds is 4. The van der Waals surface area contributed by atoms with Crippen LogP contribution in [-0.4, -0.2) is 12.6 Å². The quantitative estimate of drug-likeness (QED) is 0.590. The Morgan fingerprint density at radius 1 is 0.941 bits per heavy atom. The number of hydrogen-bond acceptors (Lipinski definition) is 2. The van der Waals surface area contributed by atoms with Crippen LogP contribution in [0.25, 0.3) is 11.1 Å². The molecule has 0 fully saturated rings. The number of fused-ring (bicyclic) bond motifs is 1. The van der Waals surface area contributed by atoms with E-state index in [0.717, 1.165) is 29.3 Å². The van der Waals surface area contributed by atoms with E-state index in [4.69, 9.17) is 0 Å². The molecule has 0 heterocycles. The molecular formula is C15H12O2. The fourth-order valence-corrected chi connectivity index (χ4v) is 2.12. The van der Waals surface area contributed by atoms with Crippen LogP contribution in [0.4, 0.5) is 0 Å². The second kappa shape index (κ2) is 4.74. The molecule has 0 unspecified atom stereocenters. The summed E-state index contributed by atoms with van der Waals surface area (Å²) in [7, 11) is 0. The van der Waals surface area contributed by atoms with Crippen LogP contribution in [-0.2, 0) is 6.42 Å². The van der Waals surface area contributed by atoms with Crippen LogP contribution in [0, 0.1) is 0 Å². The van der Waals surface area contributed by atoms with Gasteiger partial charge in [-0.25, -0.2) is 0 Å². The van der Waals surface area contributed by atoms with Crippen molar-refractivity contribution in [2.24, 2.45) is 0 Å². The lowest BCUT2D eigenvalue weighted by Crippen LogP contribution is -1.89. The standard InChI is InChI=1S/C15H12O2/c1-2-6-11-12-7-4-3-5-8-13(12)15(10-17)14(11)9-16/h2-5,7-10H,1,6H2. The first-order valence-corrected chi connectivity index (χ1v) is 5.38. The van der Waals surface area contributed by atoms with Gasteiger partial charge in [0, 0.05) is 11.1 Å². The lowest BCUT2D eigenvalue weighted by Gasteiger charge is -1.97. The predicted molar refractivity (Wildman–Crippen MR) is 67.7 cm³/mol. The molecule has 0 bridgehead atoms. The van der Waals surface area contributed by atoms with Crippen LogP contribution in [0.15, 0.2) is 43.0 Å². The summed E-state index contributed by atoms with van der Waals surface area (Å²) in [6.07, 6.45) is 3.83. The summed E-state index contributed by atoms with van der Waals surface area (Å²) in [5.74, 6) is 0. The van der Waals surface area contributed by atoms with E-state index < -0.39 is 0 Å². The zero-order chi connectivity index (χ0) is 12.3. The second-order valence-corrected chi connectivity index (χ2v) is 3.77. The van der Waals surface area contributed by atoms with Gasteiger partial charge in [0.05, 0.1) is 0 Å². The van der Waals surface area contributed by atoms with Crippen molar-refractivity contribution in [2.75, 3.05) is 0 Å². The summed E-state index contributed by atoms with van der Waals surface area (Å²) in [6, 6.07) is 9.44. The van der Waals surface area contributed by atoms with Gasteiger partial charge in [-0.15, -0.1) is 6.58 Å². The van der Waals surface area contributed by atoms with Gasteiger partial charge in [-0.05, 0) is 23.1 Å². The molecule has 0 atom stereocenters. The number of aldehydes is 2. The normalized spacial score (nSPS) is 10.1. The van der Waals surface area contributed by atoms with Gasteiger partial charge in [0.1, 0.15) is 0 Å². The Morgan fingerprint density at radius 2 is 1.59 bits per heavy atom. The highest BCUT2D eigenvalue weighted by atomic mass is 16.1. The lowest BCUT2D eigenvalue weighted by atomic mass is 10.1. The van der Waals surface area contributed by atoms with Gasteiger partial charge in [-0.3, -0.25) is 9.59 Å². The van der Waals surface area contributed by atoms with Gasteiger partial charge in [0.2, 0.25) is 0 Å². The van der Waals surface area contributed by atoms with Crippen molar-refractivity contribution in [3.63, 3.8) is 0 Å². The molecule has 0 amide bonds. The van der Waals surface area contributed by atoms with E-state index in [-0.39, 0.29) is 0 Å². The molecule has 0 aliphatic heterocycles. The Labute approximate surface area is 99.9 Å². The predicted octanol–water partition coefficient (Wildman–Crippen LogP) is 3.14. The van der Waals surface area contributed by atoms with Crippen LogP contribution in [0.2, 0.25) is 0 Å². The van der Waals surface area contributed by atoms with Crippen molar-refractivity contribution in [1.82, 2.24) is 0 Å². The largest absolute Gasteiger partial charge is 0.298 e. The maximum absolute atomic E-state index is 11.1. The molecule has 17 heavy (non-hydrogen) atoms. The molecule has 0 saturated carbocycles.